The minimum atomic E-state index is -0.426. The monoisotopic (exact) mass is 306 g/mol. The minimum Gasteiger partial charge on any atom is -0.481 e. The van der Waals surface area contributed by atoms with Crippen LogP contribution in [0.3, 0.4) is 0 Å². The molecule has 0 saturated carbocycles. The van der Waals surface area contributed by atoms with Gasteiger partial charge < -0.3 is 14.5 Å². The number of hydrogen-bond donors (Lipinski definition) is 0. The van der Waals surface area contributed by atoms with Crippen LogP contribution in [0.25, 0.3) is 0 Å². The molecule has 0 aromatic heterocycles. The Hall–Kier alpha value is -1.62. The molecule has 2 aliphatic heterocycles. The Balaban J connectivity index is 1.53. The van der Waals surface area contributed by atoms with Gasteiger partial charge in [0.25, 0.3) is 5.91 Å². The van der Waals surface area contributed by atoms with Gasteiger partial charge in [0.2, 0.25) is 0 Å². The zero-order valence-corrected chi connectivity index (χ0v) is 12.8. The first-order valence-electron chi connectivity index (χ1n) is 8.13. The number of carbonyl (C=O) groups is 1. The smallest absolute Gasteiger partial charge is 0.260 e. The second kappa shape index (κ2) is 7.09. The molecule has 0 N–H and O–H groups in total. The van der Waals surface area contributed by atoms with Crippen LogP contribution in [0.4, 0.5) is 4.39 Å². The van der Waals surface area contributed by atoms with E-state index in [1.165, 1.54) is 18.9 Å². The summed E-state index contributed by atoms with van der Waals surface area (Å²) in [6.45, 7) is 3.95. The molecule has 2 aliphatic rings. The molecule has 1 aromatic rings. The van der Waals surface area contributed by atoms with Gasteiger partial charge in [0.1, 0.15) is 0 Å². The maximum absolute atomic E-state index is 13.5. The lowest BCUT2D eigenvalue weighted by molar-refractivity contribution is -0.134. The normalized spacial score (nSPS) is 22.2. The first-order valence-corrected chi connectivity index (χ1v) is 8.13. The molecular weight excluding hydrogens is 283 g/mol. The van der Waals surface area contributed by atoms with E-state index in [-0.39, 0.29) is 24.3 Å². The number of halogens is 1. The molecule has 2 heterocycles. The van der Waals surface area contributed by atoms with E-state index in [1.54, 1.807) is 18.2 Å². The first kappa shape index (κ1) is 15.3. The number of likely N-dealkylation sites (tertiary alicyclic amines) is 2. The summed E-state index contributed by atoms with van der Waals surface area (Å²) >= 11 is 0. The highest BCUT2D eigenvalue weighted by molar-refractivity contribution is 5.78. The van der Waals surface area contributed by atoms with E-state index in [2.05, 4.69) is 4.90 Å². The third-order valence-electron chi connectivity index (χ3n) is 4.55. The molecule has 1 atom stereocenters. The van der Waals surface area contributed by atoms with Gasteiger partial charge in [-0.1, -0.05) is 12.1 Å². The van der Waals surface area contributed by atoms with Crippen LogP contribution < -0.4 is 4.74 Å². The van der Waals surface area contributed by atoms with Gasteiger partial charge in [-0.25, -0.2) is 4.39 Å². The van der Waals surface area contributed by atoms with Crippen molar-refractivity contribution in [1.29, 1.82) is 0 Å². The molecular formula is C17H23FN2O2. The largest absolute Gasteiger partial charge is 0.481 e. The van der Waals surface area contributed by atoms with E-state index < -0.39 is 5.82 Å². The lowest BCUT2D eigenvalue weighted by Gasteiger charge is -2.28. The van der Waals surface area contributed by atoms with E-state index in [9.17, 15) is 9.18 Å². The van der Waals surface area contributed by atoms with Gasteiger partial charge in [-0.2, -0.15) is 0 Å². The summed E-state index contributed by atoms with van der Waals surface area (Å²) in [6.07, 6.45) is 4.63. The standard InChI is InChI=1S/C17H23FN2O2/c18-15-7-1-2-8-16(15)22-13-17(21)20-11-5-6-14(20)12-19-9-3-4-10-19/h1-2,7-8,14H,3-6,9-13H2/t14-/m0/s1. The second-order valence-corrected chi connectivity index (χ2v) is 6.11. The average Bonchev–Trinajstić information content (AvgIpc) is 3.18. The fourth-order valence-corrected chi connectivity index (χ4v) is 3.40. The quantitative estimate of drug-likeness (QED) is 0.837. The molecule has 2 fully saturated rings. The maximum atomic E-state index is 13.5. The summed E-state index contributed by atoms with van der Waals surface area (Å²) in [6, 6.07) is 6.49. The van der Waals surface area contributed by atoms with Crippen LogP contribution in [-0.2, 0) is 4.79 Å². The van der Waals surface area contributed by atoms with E-state index in [4.69, 9.17) is 4.74 Å². The van der Waals surface area contributed by atoms with Crippen molar-refractivity contribution in [2.24, 2.45) is 0 Å². The van der Waals surface area contributed by atoms with Gasteiger partial charge in [0, 0.05) is 19.1 Å². The predicted octanol–water partition coefficient (Wildman–Crippen LogP) is 2.29. The topological polar surface area (TPSA) is 32.8 Å². The van der Waals surface area contributed by atoms with Gasteiger partial charge >= 0.3 is 0 Å². The Kier molecular flexibility index (Phi) is 4.93. The summed E-state index contributed by atoms with van der Waals surface area (Å²) in [5.74, 6) is -0.318. The van der Waals surface area contributed by atoms with Gasteiger partial charge in [0.15, 0.2) is 18.2 Å². The molecule has 1 amide bonds. The van der Waals surface area contributed by atoms with Crippen molar-refractivity contribution in [2.75, 3.05) is 32.8 Å². The van der Waals surface area contributed by atoms with Crippen molar-refractivity contribution in [3.05, 3.63) is 30.1 Å². The number of para-hydroxylation sites is 1. The molecule has 1 aromatic carbocycles. The van der Waals surface area contributed by atoms with Crippen molar-refractivity contribution in [3.63, 3.8) is 0 Å². The Morgan fingerprint density at radius 2 is 1.95 bits per heavy atom. The van der Waals surface area contributed by atoms with E-state index >= 15 is 0 Å². The Morgan fingerprint density at radius 3 is 2.73 bits per heavy atom. The second-order valence-electron chi connectivity index (χ2n) is 6.11. The van der Waals surface area contributed by atoms with Crippen LogP contribution in [0.1, 0.15) is 25.7 Å². The Labute approximate surface area is 130 Å². The van der Waals surface area contributed by atoms with Crippen LogP contribution in [0.2, 0.25) is 0 Å². The zero-order valence-electron chi connectivity index (χ0n) is 12.8. The number of amides is 1. The summed E-state index contributed by atoms with van der Waals surface area (Å²) in [4.78, 5) is 16.7. The predicted molar refractivity (Wildman–Crippen MR) is 82.3 cm³/mol. The Bertz CT molecular complexity index is 517. The third kappa shape index (κ3) is 3.58. The SMILES string of the molecule is O=C(COc1ccccc1F)N1CCC[C@H]1CN1CCCC1. The van der Waals surface area contributed by atoms with Crippen LogP contribution >= 0.6 is 0 Å². The van der Waals surface area contributed by atoms with Crippen LogP contribution in [0.15, 0.2) is 24.3 Å². The fraction of sp³-hybridized carbons (Fsp3) is 0.588. The Morgan fingerprint density at radius 1 is 1.18 bits per heavy atom. The van der Waals surface area contributed by atoms with Gasteiger partial charge in [0.05, 0.1) is 0 Å². The molecule has 0 spiro atoms. The number of hydrogen-bond acceptors (Lipinski definition) is 3. The fourth-order valence-electron chi connectivity index (χ4n) is 3.40. The highest BCUT2D eigenvalue weighted by Gasteiger charge is 2.30. The van der Waals surface area contributed by atoms with Crippen molar-refractivity contribution in [2.45, 2.75) is 31.7 Å². The van der Waals surface area contributed by atoms with Crippen molar-refractivity contribution >= 4 is 5.91 Å². The number of benzene rings is 1. The number of rotatable bonds is 5. The highest BCUT2D eigenvalue weighted by atomic mass is 19.1. The number of carbonyl (C=O) groups excluding carboxylic acids is 1. The highest BCUT2D eigenvalue weighted by Crippen LogP contribution is 2.21. The molecule has 0 radical (unpaired) electrons. The van der Waals surface area contributed by atoms with E-state index in [1.807, 2.05) is 4.90 Å². The summed E-state index contributed by atoms with van der Waals surface area (Å²) in [7, 11) is 0. The number of nitrogens with zero attached hydrogens (tertiary/aromatic N) is 2. The average molecular weight is 306 g/mol. The molecule has 22 heavy (non-hydrogen) atoms. The molecule has 3 rings (SSSR count). The number of ether oxygens (including phenoxy) is 1. The molecule has 120 valence electrons. The lowest BCUT2D eigenvalue weighted by Crippen LogP contribution is -2.44. The maximum Gasteiger partial charge on any atom is 0.260 e. The summed E-state index contributed by atoms with van der Waals surface area (Å²) < 4.78 is 18.9. The van der Waals surface area contributed by atoms with Crippen molar-refractivity contribution < 1.29 is 13.9 Å². The first-order chi connectivity index (χ1) is 10.7. The zero-order chi connectivity index (χ0) is 15.4. The van der Waals surface area contributed by atoms with E-state index in [0.29, 0.717) is 0 Å². The molecule has 0 aliphatic carbocycles. The van der Waals surface area contributed by atoms with Gasteiger partial charge in [-0.15, -0.1) is 0 Å². The third-order valence-corrected chi connectivity index (χ3v) is 4.55. The molecule has 0 unspecified atom stereocenters. The molecule has 2 saturated heterocycles. The van der Waals surface area contributed by atoms with Crippen molar-refractivity contribution in [3.8, 4) is 5.75 Å². The van der Waals surface area contributed by atoms with Gasteiger partial charge in [-0.05, 0) is 50.9 Å². The van der Waals surface area contributed by atoms with Gasteiger partial charge in [-0.3, -0.25) is 4.79 Å². The summed E-state index contributed by atoms with van der Waals surface area (Å²) in [5.41, 5.74) is 0. The van der Waals surface area contributed by atoms with Crippen LogP contribution in [0.5, 0.6) is 5.75 Å². The summed E-state index contributed by atoms with van der Waals surface area (Å²) in [5, 5.41) is 0. The molecule has 4 nitrogen and oxygen atoms in total. The van der Waals surface area contributed by atoms with Crippen molar-refractivity contribution in [1.82, 2.24) is 9.80 Å². The molecule has 5 heteroatoms. The van der Waals surface area contributed by atoms with E-state index in [0.717, 1.165) is 39.0 Å². The van der Waals surface area contributed by atoms with Crippen LogP contribution in [0, 0.1) is 5.82 Å². The van der Waals surface area contributed by atoms with Crippen LogP contribution in [-0.4, -0.2) is 54.5 Å². The lowest BCUT2D eigenvalue weighted by atomic mass is 10.2. The molecule has 0 bridgehead atoms. The minimum absolute atomic E-state index is 0.0371.